The van der Waals surface area contributed by atoms with Crippen LogP contribution in [0, 0.1) is 18.3 Å². The Morgan fingerprint density at radius 1 is 1.22 bits per heavy atom. The molecular weight excluding hydrogens is 398 g/mol. The highest BCUT2D eigenvalue weighted by molar-refractivity contribution is 6.09. The van der Waals surface area contributed by atoms with Gasteiger partial charge in [0.25, 0.3) is 0 Å². The summed E-state index contributed by atoms with van der Waals surface area (Å²) in [6.07, 6.45) is 8.18. The zero-order chi connectivity index (χ0) is 22.5. The van der Waals surface area contributed by atoms with Crippen molar-refractivity contribution in [3.05, 3.63) is 71.8 Å². The first-order valence-electron chi connectivity index (χ1n) is 11.3. The van der Waals surface area contributed by atoms with E-state index in [0.717, 1.165) is 60.4 Å². The van der Waals surface area contributed by atoms with Crippen molar-refractivity contribution in [3.8, 4) is 0 Å². The normalized spacial score (nSPS) is 15.3. The summed E-state index contributed by atoms with van der Waals surface area (Å²) < 4.78 is 2.31. The van der Waals surface area contributed by atoms with E-state index in [4.69, 9.17) is 11.1 Å². The Kier molecular flexibility index (Phi) is 6.69. The number of carbonyl (C=O) groups excluding carboxylic acids is 1. The van der Waals surface area contributed by atoms with E-state index < -0.39 is 0 Å². The average Bonchev–Trinajstić information content (AvgIpc) is 3.21. The standard InChI is InChI=1S/C26H31N5O/c1-19-3-2-4-24(29-19)6-8-26(32)30-12-9-20(10-13-30)18-31-14-11-22-15-21(5-7-25(22)31)23(16-27)17-28/h2-5,7,11,14-17,20,27H,6,8-10,12-13,18,28H2,1H3/b23-17+,27-16?. The average molecular weight is 430 g/mol. The lowest BCUT2D eigenvalue weighted by Gasteiger charge is -2.32. The fraction of sp³-hybridized carbons (Fsp3) is 0.346. The van der Waals surface area contributed by atoms with E-state index in [2.05, 4.69) is 33.9 Å². The second kappa shape index (κ2) is 9.81. The molecule has 166 valence electrons. The quantitative estimate of drug-likeness (QED) is 0.553. The number of likely N-dealkylation sites (tertiary alicyclic amines) is 1. The predicted molar refractivity (Wildman–Crippen MR) is 129 cm³/mol. The zero-order valence-electron chi connectivity index (χ0n) is 18.6. The number of hydrogen-bond donors (Lipinski definition) is 2. The predicted octanol–water partition coefficient (Wildman–Crippen LogP) is 4.17. The third-order valence-corrected chi connectivity index (χ3v) is 6.40. The molecule has 0 bridgehead atoms. The van der Waals surface area contributed by atoms with E-state index in [0.29, 0.717) is 18.8 Å². The molecule has 3 aromatic rings. The van der Waals surface area contributed by atoms with Gasteiger partial charge < -0.3 is 20.6 Å². The van der Waals surface area contributed by atoms with Crippen LogP contribution in [0.4, 0.5) is 0 Å². The Bertz CT molecular complexity index is 1140. The Morgan fingerprint density at radius 2 is 2.03 bits per heavy atom. The third-order valence-electron chi connectivity index (χ3n) is 6.40. The molecule has 1 fully saturated rings. The lowest BCUT2D eigenvalue weighted by Crippen LogP contribution is -2.39. The molecule has 2 aromatic heterocycles. The van der Waals surface area contributed by atoms with E-state index in [1.54, 1.807) is 0 Å². The summed E-state index contributed by atoms with van der Waals surface area (Å²) in [6, 6.07) is 14.3. The van der Waals surface area contributed by atoms with Gasteiger partial charge in [-0.3, -0.25) is 9.78 Å². The highest BCUT2D eigenvalue weighted by Gasteiger charge is 2.23. The topological polar surface area (TPSA) is 88.0 Å². The van der Waals surface area contributed by atoms with Gasteiger partial charge in [0.1, 0.15) is 0 Å². The summed E-state index contributed by atoms with van der Waals surface area (Å²) in [7, 11) is 0. The minimum atomic E-state index is 0.237. The van der Waals surface area contributed by atoms with Crippen LogP contribution in [-0.4, -0.2) is 39.7 Å². The van der Waals surface area contributed by atoms with Gasteiger partial charge in [0, 0.05) is 72.5 Å². The maximum atomic E-state index is 12.7. The van der Waals surface area contributed by atoms with Crippen LogP contribution in [0.3, 0.4) is 0 Å². The fourth-order valence-electron chi connectivity index (χ4n) is 4.54. The van der Waals surface area contributed by atoms with E-state index >= 15 is 0 Å². The molecule has 32 heavy (non-hydrogen) atoms. The first-order chi connectivity index (χ1) is 15.6. The maximum Gasteiger partial charge on any atom is 0.222 e. The smallest absolute Gasteiger partial charge is 0.222 e. The zero-order valence-corrected chi connectivity index (χ0v) is 18.6. The van der Waals surface area contributed by atoms with Crippen molar-refractivity contribution in [3.63, 3.8) is 0 Å². The molecule has 1 aliphatic rings. The van der Waals surface area contributed by atoms with Gasteiger partial charge in [0.2, 0.25) is 5.91 Å². The molecule has 6 nitrogen and oxygen atoms in total. The molecule has 0 atom stereocenters. The van der Waals surface area contributed by atoms with Gasteiger partial charge in [-0.2, -0.15) is 0 Å². The summed E-state index contributed by atoms with van der Waals surface area (Å²) in [6.45, 7) is 4.60. The second-order valence-corrected chi connectivity index (χ2v) is 8.60. The van der Waals surface area contributed by atoms with Crippen molar-refractivity contribution in [2.75, 3.05) is 13.1 Å². The van der Waals surface area contributed by atoms with Crippen LogP contribution in [0.2, 0.25) is 0 Å². The molecule has 0 saturated carbocycles. The van der Waals surface area contributed by atoms with E-state index in [9.17, 15) is 4.79 Å². The number of benzene rings is 1. The Labute approximate surface area is 189 Å². The van der Waals surface area contributed by atoms with Crippen molar-refractivity contribution < 1.29 is 4.79 Å². The number of allylic oxidation sites excluding steroid dienone is 1. The van der Waals surface area contributed by atoms with Gasteiger partial charge in [-0.15, -0.1) is 0 Å². The Balaban J connectivity index is 1.31. The van der Waals surface area contributed by atoms with Crippen molar-refractivity contribution in [2.45, 2.75) is 39.2 Å². The lowest BCUT2D eigenvalue weighted by atomic mass is 9.96. The molecule has 1 amide bonds. The van der Waals surface area contributed by atoms with Gasteiger partial charge in [0.15, 0.2) is 0 Å². The van der Waals surface area contributed by atoms with Gasteiger partial charge in [-0.05, 0) is 68.0 Å². The number of pyridine rings is 1. The number of rotatable bonds is 7. The van der Waals surface area contributed by atoms with E-state index in [-0.39, 0.29) is 5.91 Å². The molecule has 1 aliphatic heterocycles. The number of amides is 1. The minimum Gasteiger partial charge on any atom is -0.404 e. The first kappa shape index (κ1) is 21.8. The van der Waals surface area contributed by atoms with Gasteiger partial charge >= 0.3 is 0 Å². The van der Waals surface area contributed by atoms with Crippen molar-refractivity contribution in [2.24, 2.45) is 11.7 Å². The number of hydrogen-bond acceptors (Lipinski definition) is 4. The second-order valence-electron chi connectivity index (χ2n) is 8.60. The molecule has 0 spiro atoms. The molecule has 0 aliphatic carbocycles. The molecule has 1 aromatic carbocycles. The number of piperidine rings is 1. The van der Waals surface area contributed by atoms with Gasteiger partial charge in [-0.1, -0.05) is 12.1 Å². The van der Waals surface area contributed by atoms with Crippen LogP contribution in [0.25, 0.3) is 16.5 Å². The highest BCUT2D eigenvalue weighted by atomic mass is 16.2. The third kappa shape index (κ3) is 4.90. The van der Waals surface area contributed by atoms with Crippen LogP contribution in [0.5, 0.6) is 0 Å². The summed E-state index contributed by atoms with van der Waals surface area (Å²) in [5, 5.41) is 8.65. The molecule has 3 heterocycles. The monoisotopic (exact) mass is 429 g/mol. The largest absolute Gasteiger partial charge is 0.404 e. The molecule has 6 heteroatoms. The molecular formula is C26H31N5O. The van der Waals surface area contributed by atoms with Crippen LogP contribution in [-0.2, 0) is 17.8 Å². The van der Waals surface area contributed by atoms with Crippen molar-refractivity contribution in [1.82, 2.24) is 14.5 Å². The number of aryl methyl sites for hydroxylation is 2. The van der Waals surface area contributed by atoms with Crippen molar-refractivity contribution >= 4 is 28.6 Å². The minimum absolute atomic E-state index is 0.237. The SMILES string of the molecule is Cc1cccc(CCC(=O)N2CCC(Cn3ccc4cc(/C(C=N)=C/N)ccc43)CC2)n1. The molecule has 1 saturated heterocycles. The highest BCUT2D eigenvalue weighted by Crippen LogP contribution is 2.25. The van der Waals surface area contributed by atoms with Crippen LogP contribution >= 0.6 is 0 Å². The van der Waals surface area contributed by atoms with E-state index in [1.165, 1.54) is 17.9 Å². The number of carbonyl (C=O) groups is 1. The van der Waals surface area contributed by atoms with Crippen LogP contribution < -0.4 is 5.73 Å². The van der Waals surface area contributed by atoms with Crippen LogP contribution in [0.1, 0.15) is 36.2 Å². The molecule has 0 radical (unpaired) electrons. The maximum absolute atomic E-state index is 12.7. The Hall–Kier alpha value is -3.41. The molecule has 0 unspecified atom stereocenters. The van der Waals surface area contributed by atoms with Crippen LogP contribution in [0.15, 0.2) is 54.9 Å². The number of nitrogens with zero attached hydrogens (tertiary/aromatic N) is 3. The van der Waals surface area contributed by atoms with Gasteiger partial charge in [-0.25, -0.2) is 0 Å². The van der Waals surface area contributed by atoms with Crippen molar-refractivity contribution in [1.29, 1.82) is 5.41 Å². The summed E-state index contributed by atoms with van der Waals surface area (Å²) >= 11 is 0. The molecule has 3 N–H and O–H groups in total. The number of nitrogens with two attached hydrogens (primary N) is 1. The summed E-state index contributed by atoms with van der Waals surface area (Å²) in [5.74, 6) is 0.800. The summed E-state index contributed by atoms with van der Waals surface area (Å²) in [4.78, 5) is 19.2. The number of fused-ring (bicyclic) bond motifs is 1. The summed E-state index contributed by atoms with van der Waals surface area (Å²) in [5.41, 5.74) is 10.5. The number of nitrogens with one attached hydrogen (secondary N) is 1. The molecule has 4 rings (SSSR count). The first-order valence-corrected chi connectivity index (χ1v) is 11.3. The Morgan fingerprint density at radius 3 is 2.75 bits per heavy atom. The van der Waals surface area contributed by atoms with E-state index in [1.807, 2.05) is 36.1 Å². The fourth-order valence-corrected chi connectivity index (χ4v) is 4.54. The lowest BCUT2D eigenvalue weighted by molar-refractivity contribution is -0.132. The number of aromatic nitrogens is 2. The van der Waals surface area contributed by atoms with Gasteiger partial charge in [0.05, 0.1) is 0 Å².